The average molecular weight is 594 g/mol. The van der Waals surface area contributed by atoms with Crippen molar-refractivity contribution in [2.75, 3.05) is 0 Å². The molecule has 8 heteroatoms. The number of hydrogen-bond acceptors (Lipinski definition) is 4. The number of phenols is 1. The van der Waals surface area contributed by atoms with Crippen LogP contribution in [-0.2, 0) is 5.41 Å². The largest absolute Gasteiger partial charge is 0.506 e. The lowest BCUT2D eigenvalue weighted by atomic mass is 9.73. The normalized spacial score (nSPS) is 15.5. The van der Waals surface area contributed by atoms with E-state index in [2.05, 4.69) is 49.0 Å². The molecule has 4 nitrogen and oxygen atoms in total. The minimum Gasteiger partial charge on any atom is -0.506 e. The van der Waals surface area contributed by atoms with Crippen LogP contribution in [-0.4, -0.2) is 20.3 Å². The number of hydrogen-bond donors (Lipinski definition) is 1. The molecule has 1 heterocycles. The van der Waals surface area contributed by atoms with Crippen LogP contribution in [0.5, 0.6) is 5.75 Å². The van der Waals surface area contributed by atoms with E-state index in [9.17, 15) is 5.11 Å². The van der Waals surface area contributed by atoms with Gasteiger partial charge in [0, 0.05) is 15.6 Å². The van der Waals surface area contributed by atoms with Crippen molar-refractivity contribution >= 4 is 55.1 Å². The first-order chi connectivity index (χ1) is 15.3. The van der Waals surface area contributed by atoms with Crippen molar-refractivity contribution in [3.05, 3.63) is 103 Å². The van der Waals surface area contributed by atoms with Gasteiger partial charge in [-0.3, -0.25) is 0 Å². The van der Waals surface area contributed by atoms with Gasteiger partial charge < -0.3 is 5.11 Å². The van der Waals surface area contributed by atoms with Crippen LogP contribution in [0.15, 0.2) is 86.4 Å². The summed E-state index contributed by atoms with van der Waals surface area (Å²) in [6.45, 7) is 2.08. The molecule has 1 unspecified atom stereocenters. The first-order valence-electron chi connectivity index (χ1n) is 9.67. The van der Waals surface area contributed by atoms with E-state index in [1.165, 1.54) is 0 Å². The number of nitrogens with zero attached hydrogens (tertiary/aromatic N) is 3. The number of aromatic hydroxyl groups is 1. The van der Waals surface area contributed by atoms with E-state index >= 15 is 0 Å². The van der Waals surface area contributed by atoms with Crippen molar-refractivity contribution < 1.29 is 5.11 Å². The Labute approximate surface area is 213 Å². The second kappa shape index (κ2) is 9.48. The van der Waals surface area contributed by atoms with Gasteiger partial charge in [-0.05, 0) is 92.8 Å². The Morgan fingerprint density at radius 3 is 2.31 bits per heavy atom. The van der Waals surface area contributed by atoms with Crippen LogP contribution < -0.4 is 0 Å². The molecule has 0 amide bonds. The van der Waals surface area contributed by atoms with Gasteiger partial charge in [0.2, 0.25) is 0 Å². The lowest BCUT2D eigenvalue weighted by molar-refractivity contribution is 0.468. The van der Waals surface area contributed by atoms with Crippen molar-refractivity contribution in [1.29, 1.82) is 0 Å². The van der Waals surface area contributed by atoms with E-state index in [4.69, 9.17) is 28.2 Å². The van der Waals surface area contributed by atoms with Crippen LogP contribution in [0.25, 0.3) is 11.3 Å². The van der Waals surface area contributed by atoms with Crippen LogP contribution in [0.1, 0.15) is 24.7 Å². The molecule has 0 spiro atoms. The maximum Gasteiger partial charge on any atom is 0.165 e. The summed E-state index contributed by atoms with van der Waals surface area (Å²) in [5.74, 6) is 0.688. The maximum atomic E-state index is 9.98. The number of allylic oxidation sites excluding steroid dienone is 6. The minimum atomic E-state index is -0.644. The van der Waals surface area contributed by atoms with Crippen LogP contribution in [0, 0.1) is 0 Å². The molecule has 1 aliphatic carbocycles. The number of aromatic nitrogens is 3. The first kappa shape index (κ1) is 23.2. The van der Waals surface area contributed by atoms with Gasteiger partial charge in [0.05, 0.1) is 20.6 Å². The quantitative estimate of drug-likeness (QED) is 0.336. The molecular weight excluding hydrogens is 577 g/mol. The first-order valence-corrected chi connectivity index (χ1v) is 12.0. The standard InChI is InChI=1S/C24H17Br2Cl2N3O/c1-24(16-6-9-18(28)10-7-16,15-3-2-4-17(27)8-5-15)23-29-13-21(30-31-23)14-11-19(25)22(32)20(26)12-14/h2,4-13,32H,3H2,1H3. The third-order valence-electron chi connectivity index (χ3n) is 5.44. The molecule has 1 aliphatic rings. The maximum absolute atomic E-state index is 9.98. The number of rotatable bonds is 4. The molecule has 3 aromatic rings. The van der Waals surface area contributed by atoms with Gasteiger partial charge in [-0.25, -0.2) is 4.98 Å². The molecule has 32 heavy (non-hydrogen) atoms. The van der Waals surface area contributed by atoms with Crippen molar-refractivity contribution in [3.8, 4) is 17.0 Å². The molecule has 0 bridgehead atoms. The zero-order valence-corrected chi connectivity index (χ0v) is 21.5. The van der Waals surface area contributed by atoms with E-state index in [1.54, 1.807) is 18.3 Å². The monoisotopic (exact) mass is 591 g/mol. The highest BCUT2D eigenvalue weighted by Gasteiger charge is 2.36. The second-order valence-corrected chi connectivity index (χ2v) is 10.0. The fraction of sp³-hybridized carbons (Fsp3) is 0.125. The summed E-state index contributed by atoms with van der Waals surface area (Å²) in [6, 6.07) is 11.2. The molecule has 1 N–H and O–H groups in total. The SMILES string of the molecule is CC(C1=CC=C(Cl)C=CC1)(c1ccc(Cl)cc1)c1ncc(-c2cc(Br)c(O)c(Br)c2)nn1. The zero-order chi connectivity index (χ0) is 22.9. The lowest BCUT2D eigenvalue weighted by Gasteiger charge is -2.31. The Morgan fingerprint density at radius 1 is 1.00 bits per heavy atom. The highest BCUT2D eigenvalue weighted by atomic mass is 79.9. The molecule has 0 fully saturated rings. The van der Waals surface area contributed by atoms with E-state index in [0.717, 1.165) is 16.7 Å². The highest BCUT2D eigenvalue weighted by Crippen LogP contribution is 2.41. The Balaban J connectivity index is 1.82. The lowest BCUT2D eigenvalue weighted by Crippen LogP contribution is -2.29. The molecule has 1 atom stereocenters. The van der Waals surface area contributed by atoms with Crippen LogP contribution >= 0.6 is 55.1 Å². The highest BCUT2D eigenvalue weighted by molar-refractivity contribution is 9.11. The molecule has 1 aromatic heterocycles. The Hall–Kier alpha value is -1.99. The Kier molecular flexibility index (Phi) is 6.86. The summed E-state index contributed by atoms with van der Waals surface area (Å²) in [4.78, 5) is 4.71. The van der Waals surface area contributed by atoms with Gasteiger partial charge in [-0.15, -0.1) is 10.2 Å². The third-order valence-corrected chi connectivity index (χ3v) is 7.16. The smallest absolute Gasteiger partial charge is 0.165 e. The fourth-order valence-electron chi connectivity index (χ4n) is 3.56. The zero-order valence-electron chi connectivity index (χ0n) is 16.9. The summed E-state index contributed by atoms with van der Waals surface area (Å²) in [5.41, 5.74) is 2.79. The predicted molar refractivity (Wildman–Crippen MR) is 136 cm³/mol. The van der Waals surface area contributed by atoms with Crippen LogP contribution in [0.3, 0.4) is 0 Å². The van der Waals surface area contributed by atoms with E-state index < -0.39 is 5.41 Å². The molecule has 0 radical (unpaired) electrons. The summed E-state index contributed by atoms with van der Waals surface area (Å²) in [5, 5.41) is 20.3. The van der Waals surface area contributed by atoms with Crippen LogP contribution in [0.4, 0.5) is 0 Å². The van der Waals surface area contributed by atoms with Gasteiger partial charge in [0.1, 0.15) is 11.4 Å². The summed E-state index contributed by atoms with van der Waals surface area (Å²) >= 11 is 19.1. The minimum absolute atomic E-state index is 0.127. The van der Waals surface area contributed by atoms with Gasteiger partial charge >= 0.3 is 0 Å². The Morgan fingerprint density at radius 2 is 1.69 bits per heavy atom. The van der Waals surface area contributed by atoms with E-state index in [1.807, 2.05) is 48.6 Å². The number of halogens is 4. The molecule has 0 saturated carbocycles. The molecule has 162 valence electrons. The number of benzene rings is 2. The molecule has 4 rings (SSSR count). The molecule has 0 aliphatic heterocycles. The fourth-order valence-corrected chi connectivity index (χ4v) is 5.03. The van der Waals surface area contributed by atoms with E-state index in [0.29, 0.717) is 36.9 Å². The van der Waals surface area contributed by atoms with Crippen molar-refractivity contribution in [1.82, 2.24) is 15.2 Å². The molecule has 2 aromatic carbocycles. The average Bonchev–Trinajstić information content (AvgIpc) is 3.02. The predicted octanol–water partition coefficient (Wildman–Crippen LogP) is 7.74. The third kappa shape index (κ3) is 4.55. The van der Waals surface area contributed by atoms with Crippen molar-refractivity contribution in [2.24, 2.45) is 0 Å². The summed E-state index contributed by atoms with van der Waals surface area (Å²) < 4.78 is 1.11. The van der Waals surface area contributed by atoms with Gasteiger partial charge in [-0.2, -0.15) is 0 Å². The van der Waals surface area contributed by atoms with Gasteiger partial charge in [0.25, 0.3) is 0 Å². The second-order valence-electron chi connectivity index (χ2n) is 7.44. The van der Waals surface area contributed by atoms with Crippen LogP contribution in [0.2, 0.25) is 5.02 Å². The Bertz CT molecular complexity index is 1230. The number of phenolic OH excluding ortho intramolecular Hbond substituents is 1. The van der Waals surface area contributed by atoms with E-state index in [-0.39, 0.29) is 5.75 Å². The summed E-state index contributed by atoms with van der Waals surface area (Å²) in [7, 11) is 0. The molecule has 0 saturated heterocycles. The van der Waals surface area contributed by atoms with Crippen molar-refractivity contribution in [2.45, 2.75) is 18.8 Å². The molecular formula is C24H17Br2Cl2N3O. The summed E-state index contributed by atoms with van der Waals surface area (Å²) in [6.07, 6.45) is 10.2. The van der Waals surface area contributed by atoms with Crippen molar-refractivity contribution in [3.63, 3.8) is 0 Å². The van der Waals surface area contributed by atoms with Gasteiger partial charge in [0.15, 0.2) is 5.82 Å². The van der Waals surface area contributed by atoms with Gasteiger partial charge in [-0.1, -0.05) is 47.5 Å². The topological polar surface area (TPSA) is 58.9 Å².